The third-order valence-corrected chi connectivity index (χ3v) is 3.65. The first-order chi connectivity index (χ1) is 9.95. The first-order valence-corrected chi connectivity index (χ1v) is 6.70. The van der Waals surface area contributed by atoms with E-state index < -0.39 is 5.97 Å². The second-order valence-electron chi connectivity index (χ2n) is 5.29. The largest absolute Gasteiger partial charge is 0.480 e. The van der Waals surface area contributed by atoms with Crippen LogP contribution in [0.1, 0.15) is 16.9 Å². The van der Waals surface area contributed by atoms with Crippen LogP contribution in [0.15, 0.2) is 28.9 Å². The van der Waals surface area contributed by atoms with E-state index in [2.05, 4.69) is 4.98 Å². The molecule has 1 aromatic carbocycles. The van der Waals surface area contributed by atoms with Crippen LogP contribution in [0.2, 0.25) is 0 Å². The third kappa shape index (κ3) is 2.31. The number of hydrogen-bond donors (Lipinski definition) is 1. The highest BCUT2D eigenvalue weighted by molar-refractivity contribution is 5.84. The van der Waals surface area contributed by atoms with Crippen molar-refractivity contribution in [2.24, 2.45) is 0 Å². The van der Waals surface area contributed by atoms with Crippen molar-refractivity contribution in [2.45, 2.75) is 27.3 Å². The van der Waals surface area contributed by atoms with Crippen molar-refractivity contribution in [2.75, 3.05) is 0 Å². The van der Waals surface area contributed by atoms with Gasteiger partial charge in [0, 0.05) is 0 Å². The van der Waals surface area contributed by atoms with E-state index >= 15 is 0 Å². The SMILES string of the molecule is Cc1cc(-c2nc3cc(C)c(C)cc3n2CC(=O)O)co1. The average Bonchev–Trinajstić information content (AvgIpc) is 2.95. The lowest BCUT2D eigenvalue weighted by Gasteiger charge is -2.06. The number of carboxylic acids is 1. The van der Waals surface area contributed by atoms with Gasteiger partial charge in [0.1, 0.15) is 24.4 Å². The molecule has 0 spiro atoms. The monoisotopic (exact) mass is 284 g/mol. The number of aryl methyl sites for hydroxylation is 3. The van der Waals surface area contributed by atoms with Gasteiger partial charge < -0.3 is 14.1 Å². The fourth-order valence-electron chi connectivity index (χ4n) is 2.46. The summed E-state index contributed by atoms with van der Waals surface area (Å²) in [6.07, 6.45) is 1.61. The minimum atomic E-state index is -0.894. The van der Waals surface area contributed by atoms with E-state index in [0.29, 0.717) is 5.82 Å². The number of carboxylic acid groups (broad SMARTS) is 1. The van der Waals surface area contributed by atoms with Gasteiger partial charge in [-0.15, -0.1) is 0 Å². The normalized spacial score (nSPS) is 11.2. The first-order valence-electron chi connectivity index (χ1n) is 6.70. The van der Waals surface area contributed by atoms with Gasteiger partial charge in [-0.25, -0.2) is 4.98 Å². The maximum absolute atomic E-state index is 11.2. The van der Waals surface area contributed by atoms with E-state index in [-0.39, 0.29) is 6.54 Å². The third-order valence-electron chi connectivity index (χ3n) is 3.65. The summed E-state index contributed by atoms with van der Waals surface area (Å²) >= 11 is 0. The van der Waals surface area contributed by atoms with Crippen molar-refractivity contribution in [3.8, 4) is 11.4 Å². The molecule has 0 aliphatic rings. The van der Waals surface area contributed by atoms with Crippen LogP contribution < -0.4 is 0 Å². The van der Waals surface area contributed by atoms with Crippen molar-refractivity contribution in [1.82, 2.24) is 9.55 Å². The van der Waals surface area contributed by atoms with E-state index in [1.54, 1.807) is 10.8 Å². The molecule has 0 fully saturated rings. The zero-order valence-corrected chi connectivity index (χ0v) is 12.2. The molecule has 0 aliphatic heterocycles. The predicted octanol–water partition coefficient (Wildman–Crippen LogP) is 3.31. The lowest BCUT2D eigenvalue weighted by atomic mass is 10.1. The summed E-state index contributed by atoms with van der Waals surface area (Å²) in [5.41, 5.74) is 4.67. The van der Waals surface area contributed by atoms with E-state index in [1.165, 1.54) is 0 Å². The number of imidazole rings is 1. The smallest absolute Gasteiger partial charge is 0.323 e. The number of rotatable bonds is 3. The molecule has 0 unspecified atom stereocenters. The van der Waals surface area contributed by atoms with Gasteiger partial charge in [0.2, 0.25) is 0 Å². The molecule has 5 heteroatoms. The number of carbonyl (C=O) groups is 1. The van der Waals surface area contributed by atoms with Crippen LogP contribution in [0, 0.1) is 20.8 Å². The van der Waals surface area contributed by atoms with Gasteiger partial charge in [-0.2, -0.15) is 0 Å². The molecule has 0 saturated heterocycles. The quantitative estimate of drug-likeness (QED) is 0.801. The Bertz CT molecular complexity index is 843. The standard InChI is InChI=1S/C16H16N2O3/c1-9-4-13-14(5-10(9)2)18(7-15(19)20)16(17-13)12-6-11(3)21-8-12/h4-6,8H,7H2,1-3H3,(H,19,20). The van der Waals surface area contributed by atoms with Crippen LogP contribution in [0.25, 0.3) is 22.4 Å². The van der Waals surface area contributed by atoms with Crippen molar-refractivity contribution < 1.29 is 14.3 Å². The molecule has 2 aromatic heterocycles. The fourth-order valence-corrected chi connectivity index (χ4v) is 2.46. The summed E-state index contributed by atoms with van der Waals surface area (Å²) in [6, 6.07) is 5.83. The molecular weight excluding hydrogens is 268 g/mol. The summed E-state index contributed by atoms with van der Waals surface area (Å²) in [7, 11) is 0. The van der Waals surface area contributed by atoms with Gasteiger partial charge in [-0.1, -0.05) is 0 Å². The number of nitrogens with zero attached hydrogens (tertiary/aromatic N) is 2. The molecule has 108 valence electrons. The van der Waals surface area contributed by atoms with Crippen LogP contribution in [0.3, 0.4) is 0 Å². The molecule has 0 radical (unpaired) electrons. The van der Waals surface area contributed by atoms with Crippen molar-refractivity contribution >= 4 is 17.0 Å². The Hall–Kier alpha value is -2.56. The van der Waals surface area contributed by atoms with Gasteiger partial charge in [0.25, 0.3) is 0 Å². The highest BCUT2D eigenvalue weighted by Crippen LogP contribution is 2.28. The molecule has 0 atom stereocenters. The minimum Gasteiger partial charge on any atom is -0.480 e. The molecule has 2 heterocycles. The maximum Gasteiger partial charge on any atom is 0.323 e. The van der Waals surface area contributed by atoms with E-state index in [9.17, 15) is 9.90 Å². The highest BCUT2D eigenvalue weighted by Gasteiger charge is 2.17. The molecule has 5 nitrogen and oxygen atoms in total. The average molecular weight is 284 g/mol. The van der Waals surface area contributed by atoms with Crippen LogP contribution in [0.5, 0.6) is 0 Å². The number of furan rings is 1. The van der Waals surface area contributed by atoms with E-state index in [0.717, 1.165) is 33.5 Å². The molecule has 1 N–H and O–H groups in total. The van der Waals surface area contributed by atoms with Gasteiger partial charge in [-0.05, 0) is 50.1 Å². The molecule has 3 rings (SSSR count). The molecule has 21 heavy (non-hydrogen) atoms. The predicted molar refractivity (Wildman–Crippen MR) is 79.3 cm³/mol. The van der Waals surface area contributed by atoms with Crippen LogP contribution in [-0.2, 0) is 11.3 Å². The Morgan fingerprint density at radius 1 is 1.24 bits per heavy atom. The van der Waals surface area contributed by atoms with E-state index in [4.69, 9.17) is 4.42 Å². The number of benzene rings is 1. The van der Waals surface area contributed by atoms with Crippen LogP contribution in [0.4, 0.5) is 0 Å². The molecule has 0 aliphatic carbocycles. The zero-order valence-electron chi connectivity index (χ0n) is 12.2. The molecule has 0 saturated carbocycles. The minimum absolute atomic E-state index is 0.126. The Morgan fingerprint density at radius 3 is 2.57 bits per heavy atom. The topological polar surface area (TPSA) is 68.3 Å². The Morgan fingerprint density at radius 2 is 1.95 bits per heavy atom. The van der Waals surface area contributed by atoms with Crippen molar-refractivity contribution in [1.29, 1.82) is 0 Å². The number of aliphatic carboxylic acids is 1. The van der Waals surface area contributed by atoms with Gasteiger partial charge in [0.15, 0.2) is 0 Å². The number of hydrogen-bond acceptors (Lipinski definition) is 3. The van der Waals surface area contributed by atoms with Gasteiger partial charge >= 0.3 is 5.97 Å². The summed E-state index contributed by atoms with van der Waals surface area (Å²) in [4.78, 5) is 15.8. The van der Waals surface area contributed by atoms with Crippen LogP contribution >= 0.6 is 0 Å². The maximum atomic E-state index is 11.2. The number of aromatic nitrogens is 2. The lowest BCUT2D eigenvalue weighted by Crippen LogP contribution is -2.09. The second kappa shape index (κ2) is 4.77. The lowest BCUT2D eigenvalue weighted by molar-refractivity contribution is -0.137. The molecule has 3 aromatic rings. The Labute approximate surface area is 121 Å². The highest BCUT2D eigenvalue weighted by atomic mass is 16.4. The Balaban J connectivity index is 2.29. The van der Waals surface area contributed by atoms with Crippen LogP contribution in [-0.4, -0.2) is 20.6 Å². The first kappa shape index (κ1) is 13.4. The molecule has 0 amide bonds. The zero-order chi connectivity index (χ0) is 15.1. The summed E-state index contributed by atoms with van der Waals surface area (Å²) in [6.45, 7) is 5.75. The van der Waals surface area contributed by atoms with Crippen molar-refractivity contribution in [3.63, 3.8) is 0 Å². The summed E-state index contributed by atoms with van der Waals surface area (Å²) in [5, 5.41) is 9.17. The fraction of sp³-hybridized carbons (Fsp3) is 0.250. The summed E-state index contributed by atoms with van der Waals surface area (Å²) < 4.78 is 7.04. The van der Waals surface area contributed by atoms with Gasteiger partial charge in [-0.3, -0.25) is 4.79 Å². The van der Waals surface area contributed by atoms with Crippen molar-refractivity contribution in [3.05, 3.63) is 41.3 Å². The molecular formula is C16H16N2O3. The number of fused-ring (bicyclic) bond motifs is 1. The second-order valence-corrected chi connectivity index (χ2v) is 5.29. The van der Waals surface area contributed by atoms with Gasteiger partial charge in [0.05, 0.1) is 16.6 Å². The summed E-state index contributed by atoms with van der Waals surface area (Å²) in [5.74, 6) is 0.495. The molecule has 0 bridgehead atoms. The van der Waals surface area contributed by atoms with E-state index in [1.807, 2.05) is 39.0 Å². The Kier molecular flexibility index (Phi) is 3.05.